The molecular weight excluding hydrogens is 172 g/mol. The van der Waals surface area contributed by atoms with Gasteiger partial charge in [-0.3, -0.25) is 4.90 Å². The summed E-state index contributed by atoms with van der Waals surface area (Å²) >= 11 is 0. The van der Waals surface area contributed by atoms with Crippen molar-refractivity contribution >= 4 is 0 Å². The zero-order valence-corrected chi connectivity index (χ0v) is 10.4. The third-order valence-corrected chi connectivity index (χ3v) is 3.05. The summed E-state index contributed by atoms with van der Waals surface area (Å²) in [5.74, 6) is 0.800. The molecule has 1 fully saturated rings. The van der Waals surface area contributed by atoms with Crippen LogP contribution in [0.25, 0.3) is 0 Å². The molecular formula is C12H26N2. The highest BCUT2D eigenvalue weighted by molar-refractivity contribution is 4.88. The van der Waals surface area contributed by atoms with Gasteiger partial charge in [-0.15, -0.1) is 0 Å². The second kappa shape index (κ2) is 3.82. The van der Waals surface area contributed by atoms with E-state index in [1.54, 1.807) is 0 Å². The van der Waals surface area contributed by atoms with Gasteiger partial charge >= 0.3 is 0 Å². The van der Waals surface area contributed by atoms with Gasteiger partial charge in [-0.25, -0.2) is 0 Å². The summed E-state index contributed by atoms with van der Waals surface area (Å²) < 4.78 is 0. The molecule has 1 rings (SSSR count). The highest BCUT2D eigenvalue weighted by Crippen LogP contribution is 2.28. The summed E-state index contributed by atoms with van der Waals surface area (Å²) in [6, 6.07) is 0. The van der Waals surface area contributed by atoms with Crippen LogP contribution in [0.3, 0.4) is 0 Å². The Bertz CT molecular complexity index is 185. The lowest BCUT2D eigenvalue weighted by atomic mass is 9.91. The van der Waals surface area contributed by atoms with Crippen molar-refractivity contribution < 1.29 is 0 Å². The van der Waals surface area contributed by atoms with E-state index >= 15 is 0 Å². The molecule has 2 heteroatoms. The molecule has 0 aromatic carbocycles. The molecule has 0 spiro atoms. The van der Waals surface area contributed by atoms with E-state index in [1.807, 2.05) is 0 Å². The second-order valence-corrected chi connectivity index (χ2v) is 6.46. The highest BCUT2D eigenvalue weighted by Gasteiger charge is 2.32. The molecule has 0 saturated carbocycles. The molecule has 2 nitrogen and oxygen atoms in total. The van der Waals surface area contributed by atoms with Gasteiger partial charge in [-0.2, -0.15) is 0 Å². The first-order valence-electron chi connectivity index (χ1n) is 5.72. The smallest absolute Gasteiger partial charge is 0.0125 e. The Kier molecular flexibility index (Phi) is 3.27. The Morgan fingerprint density at radius 2 is 1.79 bits per heavy atom. The summed E-state index contributed by atoms with van der Waals surface area (Å²) in [6.07, 6.45) is 2.47. The van der Waals surface area contributed by atoms with Crippen molar-refractivity contribution in [2.45, 2.75) is 58.5 Å². The molecule has 1 unspecified atom stereocenters. The number of nitrogens with zero attached hydrogens (tertiary/aromatic N) is 1. The van der Waals surface area contributed by atoms with Gasteiger partial charge < -0.3 is 5.73 Å². The van der Waals surface area contributed by atoms with Crippen LogP contribution in [0.15, 0.2) is 0 Å². The molecule has 1 aliphatic rings. The normalized spacial score (nSPS) is 25.7. The largest absolute Gasteiger partial charge is 0.326 e. The number of likely N-dealkylation sites (tertiary alicyclic amines) is 1. The molecule has 0 aromatic heterocycles. The van der Waals surface area contributed by atoms with E-state index < -0.39 is 0 Å². The molecule has 1 aliphatic heterocycles. The minimum atomic E-state index is -0.00143. The first kappa shape index (κ1) is 12.0. The van der Waals surface area contributed by atoms with E-state index in [1.165, 1.54) is 19.5 Å². The van der Waals surface area contributed by atoms with Crippen molar-refractivity contribution in [1.29, 1.82) is 0 Å². The average molecular weight is 198 g/mol. The zero-order valence-electron chi connectivity index (χ0n) is 10.4. The van der Waals surface area contributed by atoms with E-state index in [-0.39, 0.29) is 5.54 Å². The standard InChI is InChI=1S/C12H26N2/c1-11(2,3)14-7-6-10(9-14)8-12(4,5)13/h10H,6-9,13H2,1-5H3. The van der Waals surface area contributed by atoms with Crippen molar-refractivity contribution in [3.8, 4) is 0 Å². The lowest BCUT2D eigenvalue weighted by molar-refractivity contribution is 0.164. The average Bonchev–Trinajstić information content (AvgIpc) is 2.29. The van der Waals surface area contributed by atoms with Crippen LogP contribution in [-0.4, -0.2) is 29.1 Å². The zero-order chi connectivity index (χ0) is 11.0. The maximum absolute atomic E-state index is 6.05. The third-order valence-electron chi connectivity index (χ3n) is 3.05. The Labute approximate surface area is 88.8 Å². The summed E-state index contributed by atoms with van der Waals surface area (Å²) in [6.45, 7) is 13.6. The number of rotatable bonds is 2. The van der Waals surface area contributed by atoms with Crippen LogP contribution in [0.5, 0.6) is 0 Å². The first-order valence-corrected chi connectivity index (χ1v) is 5.72. The Morgan fingerprint density at radius 3 is 2.14 bits per heavy atom. The molecule has 1 saturated heterocycles. The lowest BCUT2D eigenvalue weighted by Gasteiger charge is -2.32. The fourth-order valence-corrected chi connectivity index (χ4v) is 2.35. The summed E-state index contributed by atoms with van der Waals surface area (Å²) in [4.78, 5) is 2.57. The Hall–Kier alpha value is -0.0800. The number of hydrogen-bond acceptors (Lipinski definition) is 2. The van der Waals surface area contributed by atoms with Gasteiger partial charge in [-0.05, 0) is 59.9 Å². The van der Waals surface area contributed by atoms with E-state index in [2.05, 4.69) is 39.5 Å². The monoisotopic (exact) mass is 198 g/mol. The van der Waals surface area contributed by atoms with Crippen LogP contribution in [0, 0.1) is 5.92 Å². The molecule has 0 bridgehead atoms. The summed E-state index contributed by atoms with van der Waals surface area (Å²) in [7, 11) is 0. The van der Waals surface area contributed by atoms with Crippen LogP contribution in [0.2, 0.25) is 0 Å². The summed E-state index contributed by atoms with van der Waals surface area (Å²) in [5.41, 5.74) is 6.38. The van der Waals surface area contributed by atoms with E-state index in [9.17, 15) is 0 Å². The van der Waals surface area contributed by atoms with Gasteiger partial charge in [-0.1, -0.05) is 0 Å². The minimum Gasteiger partial charge on any atom is -0.326 e. The van der Waals surface area contributed by atoms with Gasteiger partial charge in [0.15, 0.2) is 0 Å². The van der Waals surface area contributed by atoms with E-state index in [4.69, 9.17) is 5.73 Å². The van der Waals surface area contributed by atoms with Gasteiger partial charge in [0.05, 0.1) is 0 Å². The first-order chi connectivity index (χ1) is 6.18. The third kappa shape index (κ3) is 3.58. The fourth-order valence-electron chi connectivity index (χ4n) is 2.35. The lowest BCUT2D eigenvalue weighted by Crippen LogP contribution is -2.40. The van der Waals surface area contributed by atoms with Crippen molar-refractivity contribution in [2.24, 2.45) is 11.7 Å². The molecule has 1 atom stereocenters. The van der Waals surface area contributed by atoms with Crippen LogP contribution in [0.4, 0.5) is 0 Å². The molecule has 0 radical (unpaired) electrons. The van der Waals surface area contributed by atoms with Gasteiger partial charge in [0, 0.05) is 17.6 Å². The molecule has 14 heavy (non-hydrogen) atoms. The van der Waals surface area contributed by atoms with Crippen LogP contribution in [0.1, 0.15) is 47.5 Å². The molecule has 2 N–H and O–H groups in total. The predicted octanol–water partition coefficient (Wildman–Crippen LogP) is 2.23. The van der Waals surface area contributed by atoms with Gasteiger partial charge in [0.1, 0.15) is 0 Å². The molecule has 0 amide bonds. The topological polar surface area (TPSA) is 29.3 Å². The van der Waals surface area contributed by atoms with Crippen molar-refractivity contribution in [3.63, 3.8) is 0 Å². The van der Waals surface area contributed by atoms with Crippen molar-refractivity contribution in [3.05, 3.63) is 0 Å². The van der Waals surface area contributed by atoms with Gasteiger partial charge in [0.25, 0.3) is 0 Å². The van der Waals surface area contributed by atoms with Crippen molar-refractivity contribution in [2.75, 3.05) is 13.1 Å². The molecule has 0 aromatic rings. The molecule has 84 valence electrons. The molecule has 1 heterocycles. The second-order valence-electron chi connectivity index (χ2n) is 6.46. The van der Waals surface area contributed by atoms with Crippen LogP contribution >= 0.6 is 0 Å². The van der Waals surface area contributed by atoms with Crippen LogP contribution in [-0.2, 0) is 0 Å². The fraction of sp³-hybridized carbons (Fsp3) is 1.00. The summed E-state index contributed by atoms with van der Waals surface area (Å²) in [5, 5.41) is 0. The van der Waals surface area contributed by atoms with Crippen LogP contribution < -0.4 is 5.73 Å². The quantitative estimate of drug-likeness (QED) is 0.737. The number of nitrogens with two attached hydrogens (primary N) is 1. The Morgan fingerprint density at radius 1 is 1.21 bits per heavy atom. The predicted molar refractivity (Wildman–Crippen MR) is 62.3 cm³/mol. The van der Waals surface area contributed by atoms with Crippen molar-refractivity contribution in [1.82, 2.24) is 4.90 Å². The van der Waals surface area contributed by atoms with Gasteiger partial charge in [0.2, 0.25) is 0 Å². The molecule has 0 aliphatic carbocycles. The highest BCUT2D eigenvalue weighted by atomic mass is 15.2. The maximum atomic E-state index is 6.05. The van der Waals surface area contributed by atoms with E-state index in [0.717, 1.165) is 12.3 Å². The Balaban J connectivity index is 2.42. The van der Waals surface area contributed by atoms with E-state index in [0.29, 0.717) is 5.54 Å². The maximum Gasteiger partial charge on any atom is 0.0125 e. The number of hydrogen-bond donors (Lipinski definition) is 1. The minimum absolute atomic E-state index is 0.00143. The SMILES string of the molecule is CC(C)(N)CC1CCN(C(C)(C)C)C1.